The molecule has 2 fully saturated rings. The molecule has 1 aromatic carbocycles. The highest BCUT2D eigenvalue weighted by Crippen LogP contribution is 2.25. The Morgan fingerprint density at radius 1 is 1.04 bits per heavy atom. The number of morpholine rings is 1. The number of aromatic nitrogens is 1. The van der Waals surface area contributed by atoms with Gasteiger partial charge in [-0.2, -0.15) is 0 Å². The number of hydrogen-bond donors (Lipinski definition) is 1. The minimum Gasteiger partial charge on any atom is -0.460 e. The van der Waals surface area contributed by atoms with Gasteiger partial charge in [0.2, 0.25) is 0 Å². The first-order chi connectivity index (χ1) is 13.8. The number of furan rings is 1. The van der Waals surface area contributed by atoms with Gasteiger partial charge in [0.05, 0.1) is 50.7 Å². The average molecular weight is 383 g/mol. The van der Waals surface area contributed by atoms with E-state index in [1.165, 1.54) is 0 Å². The van der Waals surface area contributed by atoms with Crippen LogP contribution in [0, 0.1) is 0 Å². The molecule has 5 rings (SSSR count). The quantitative estimate of drug-likeness (QED) is 0.671. The van der Waals surface area contributed by atoms with Crippen LogP contribution in [0.4, 0.5) is 0 Å². The molecule has 148 valence electrons. The Kier molecular flexibility index (Phi) is 4.90. The Labute approximate surface area is 163 Å². The first-order valence-electron chi connectivity index (χ1n) is 9.83. The summed E-state index contributed by atoms with van der Waals surface area (Å²) >= 11 is 0. The van der Waals surface area contributed by atoms with Crippen LogP contribution in [0.5, 0.6) is 0 Å². The zero-order valence-electron chi connectivity index (χ0n) is 15.9. The van der Waals surface area contributed by atoms with Crippen LogP contribution < -0.4 is 5.32 Å². The van der Waals surface area contributed by atoms with Crippen LogP contribution in [0.15, 0.2) is 45.3 Å². The van der Waals surface area contributed by atoms with Crippen LogP contribution >= 0.6 is 0 Å². The number of benzene rings is 1. The molecule has 7 nitrogen and oxygen atoms in total. The molecule has 1 N–H and O–H groups in total. The van der Waals surface area contributed by atoms with Crippen LogP contribution in [0.2, 0.25) is 0 Å². The molecular weight excluding hydrogens is 358 g/mol. The van der Waals surface area contributed by atoms with E-state index in [1.807, 2.05) is 18.2 Å². The average Bonchev–Trinajstić information content (AvgIpc) is 3.30. The summed E-state index contributed by atoms with van der Waals surface area (Å²) in [5.74, 6) is 1.84. The van der Waals surface area contributed by atoms with Gasteiger partial charge in [-0.1, -0.05) is 23.4 Å². The monoisotopic (exact) mass is 383 g/mol. The number of ether oxygens (including phenoxy) is 2. The van der Waals surface area contributed by atoms with Crippen molar-refractivity contribution in [2.24, 2.45) is 0 Å². The number of nitrogens with one attached hydrogen (secondary N) is 1. The Morgan fingerprint density at radius 3 is 2.68 bits per heavy atom. The number of rotatable bonds is 7. The fourth-order valence-corrected chi connectivity index (χ4v) is 3.85. The van der Waals surface area contributed by atoms with Gasteiger partial charge in [-0.25, -0.2) is 0 Å². The van der Waals surface area contributed by atoms with E-state index < -0.39 is 0 Å². The third-order valence-corrected chi connectivity index (χ3v) is 5.48. The molecule has 0 spiro atoms. The highest BCUT2D eigenvalue weighted by molar-refractivity contribution is 5.77. The number of fused-ring (bicyclic) bond motifs is 1. The van der Waals surface area contributed by atoms with Crippen LogP contribution in [0.25, 0.3) is 11.0 Å². The standard InChI is InChI=1S/C21H25N3O4/c1-2-4-20-16(3-1)9-18(27-20)12-22-21(14-26-15-21)11-17-10-19(28-23-17)13-24-5-7-25-8-6-24/h1-4,9-10,22H,5-8,11-15H2. The Balaban J connectivity index is 1.20. The van der Waals surface area contributed by atoms with Gasteiger partial charge in [-0.15, -0.1) is 0 Å². The van der Waals surface area contributed by atoms with Gasteiger partial charge in [0, 0.05) is 31.0 Å². The summed E-state index contributed by atoms with van der Waals surface area (Å²) < 4.78 is 22.4. The summed E-state index contributed by atoms with van der Waals surface area (Å²) in [6.45, 7) is 6.22. The second-order valence-corrected chi connectivity index (χ2v) is 7.73. The van der Waals surface area contributed by atoms with Crippen LogP contribution in [-0.4, -0.2) is 55.1 Å². The van der Waals surface area contributed by atoms with Crippen molar-refractivity contribution in [1.82, 2.24) is 15.4 Å². The van der Waals surface area contributed by atoms with Crippen molar-refractivity contribution in [2.75, 3.05) is 39.5 Å². The first kappa shape index (κ1) is 17.9. The molecule has 0 saturated carbocycles. The van der Waals surface area contributed by atoms with Crippen molar-refractivity contribution in [3.63, 3.8) is 0 Å². The molecular formula is C21H25N3O4. The van der Waals surface area contributed by atoms with Crippen molar-refractivity contribution < 1.29 is 18.4 Å². The van der Waals surface area contributed by atoms with Gasteiger partial charge >= 0.3 is 0 Å². The SMILES string of the molecule is c1ccc2oc(CNC3(Cc4cc(CN5CCOCC5)on4)COC3)cc2c1. The van der Waals surface area contributed by atoms with E-state index in [-0.39, 0.29) is 5.54 Å². The van der Waals surface area contributed by atoms with Gasteiger partial charge in [0.25, 0.3) is 0 Å². The molecule has 3 aromatic rings. The summed E-state index contributed by atoms with van der Waals surface area (Å²) in [5.41, 5.74) is 1.76. The summed E-state index contributed by atoms with van der Waals surface area (Å²) in [5, 5.41) is 9.04. The fourth-order valence-electron chi connectivity index (χ4n) is 3.85. The molecule has 0 aliphatic carbocycles. The smallest absolute Gasteiger partial charge is 0.150 e. The largest absolute Gasteiger partial charge is 0.460 e. The molecule has 4 heterocycles. The lowest BCUT2D eigenvalue weighted by Gasteiger charge is -2.41. The van der Waals surface area contributed by atoms with E-state index >= 15 is 0 Å². The van der Waals surface area contributed by atoms with Gasteiger partial charge in [0.15, 0.2) is 5.76 Å². The summed E-state index contributed by atoms with van der Waals surface area (Å²) in [6.07, 6.45) is 0.778. The molecule has 7 heteroatoms. The molecule has 2 aromatic heterocycles. The van der Waals surface area contributed by atoms with Crippen molar-refractivity contribution >= 4 is 11.0 Å². The number of hydrogen-bond acceptors (Lipinski definition) is 7. The maximum atomic E-state index is 5.92. The van der Waals surface area contributed by atoms with E-state index in [1.54, 1.807) is 0 Å². The molecule has 2 aliphatic rings. The molecule has 0 amide bonds. The van der Waals surface area contributed by atoms with Crippen molar-refractivity contribution in [3.8, 4) is 0 Å². The summed E-state index contributed by atoms with van der Waals surface area (Å²) in [6, 6.07) is 12.2. The van der Waals surface area contributed by atoms with Gasteiger partial charge < -0.3 is 18.4 Å². The highest BCUT2D eigenvalue weighted by atomic mass is 16.5. The van der Waals surface area contributed by atoms with Gasteiger partial charge in [-0.3, -0.25) is 10.2 Å². The van der Waals surface area contributed by atoms with Crippen LogP contribution in [0.3, 0.4) is 0 Å². The third-order valence-electron chi connectivity index (χ3n) is 5.48. The lowest BCUT2D eigenvalue weighted by molar-refractivity contribution is -0.0761. The summed E-state index contributed by atoms with van der Waals surface area (Å²) in [4.78, 5) is 2.33. The first-order valence-corrected chi connectivity index (χ1v) is 9.83. The zero-order valence-corrected chi connectivity index (χ0v) is 15.9. The van der Waals surface area contributed by atoms with Crippen molar-refractivity contribution in [1.29, 1.82) is 0 Å². The minimum atomic E-state index is -0.119. The number of para-hydroxylation sites is 1. The zero-order chi connectivity index (χ0) is 18.8. The van der Waals surface area contributed by atoms with Gasteiger partial charge in [0.1, 0.15) is 11.3 Å². The second kappa shape index (κ2) is 7.67. The summed E-state index contributed by atoms with van der Waals surface area (Å²) in [7, 11) is 0. The molecule has 0 bridgehead atoms. The lowest BCUT2D eigenvalue weighted by atomic mass is 9.91. The normalized spacial score (nSPS) is 19.7. The maximum absolute atomic E-state index is 5.92. The van der Waals surface area contributed by atoms with E-state index in [9.17, 15) is 0 Å². The lowest BCUT2D eigenvalue weighted by Crippen LogP contribution is -2.61. The molecule has 0 atom stereocenters. The maximum Gasteiger partial charge on any atom is 0.150 e. The molecule has 2 aliphatic heterocycles. The highest BCUT2D eigenvalue weighted by Gasteiger charge is 2.39. The molecule has 0 unspecified atom stereocenters. The Morgan fingerprint density at radius 2 is 1.89 bits per heavy atom. The van der Waals surface area contributed by atoms with Crippen LogP contribution in [0.1, 0.15) is 17.2 Å². The van der Waals surface area contributed by atoms with Crippen molar-refractivity contribution in [2.45, 2.75) is 25.0 Å². The third kappa shape index (κ3) is 3.84. The second-order valence-electron chi connectivity index (χ2n) is 7.73. The predicted octanol–water partition coefficient (Wildman–Crippen LogP) is 2.35. The van der Waals surface area contributed by atoms with E-state index in [0.717, 1.165) is 67.5 Å². The van der Waals surface area contributed by atoms with Crippen molar-refractivity contribution in [3.05, 3.63) is 53.6 Å². The molecule has 2 saturated heterocycles. The minimum absolute atomic E-state index is 0.119. The van der Waals surface area contributed by atoms with E-state index in [0.29, 0.717) is 19.8 Å². The number of nitrogens with zero attached hydrogens (tertiary/aromatic N) is 2. The fraction of sp³-hybridized carbons (Fsp3) is 0.476. The van der Waals surface area contributed by atoms with Gasteiger partial charge in [-0.05, 0) is 12.1 Å². The molecule has 28 heavy (non-hydrogen) atoms. The van der Waals surface area contributed by atoms with Crippen LogP contribution in [-0.2, 0) is 29.0 Å². The Bertz CT molecular complexity index is 892. The van der Waals surface area contributed by atoms with E-state index in [4.69, 9.17) is 18.4 Å². The molecule has 0 radical (unpaired) electrons. The topological polar surface area (TPSA) is 72.9 Å². The predicted molar refractivity (Wildman–Crippen MR) is 103 cm³/mol. The van der Waals surface area contributed by atoms with E-state index in [2.05, 4.69) is 33.6 Å². The Hall–Kier alpha value is -2.19.